The Morgan fingerprint density at radius 2 is 1.86 bits per heavy atom. The number of hydrogen-bond donors (Lipinski definition) is 3. The number of hydrogen-bond acceptors (Lipinski definition) is 6. The van der Waals surface area contributed by atoms with Gasteiger partial charge in [-0.15, -0.1) is 0 Å². The number of halogens is 4. The molecule has 1 amide bonds. The van der Waals surface area contributed by atoms with Gasteiger partial charge in [-0.05, 0) is 56.0 Å². The highest BCUT2D eigenvalue weighted by atomic mass is 35.5. The average Bonchev–Trinajstić information content (AvgIpc) is 3.50. The molecule has 3 fully saturated rings. The number of aliphatic hydroxyl groups excluding tert-OH is 1. The predicted molar refractivity (Wildman–Crippen MR) is 129 cm³/mol. The van der Waals surface area contributed by atoms with Crippen LogP contribution in [0.1, 0.15) is 37.7 Å². The molecule has 3 aliphatic carbocycles. The molecule has 1 atom stereocenters. The first-order valence-corrected chi connectivity index (χ1v) is 12.1. The molecule has 0 aliphatic heterocycles. The molecular weight excluding hydrogens is 520 g/mol. The number of rotatable bonds is 8. The molecule has 7 nitrogen and oxygen atoms in total. The summed E-state index contributed by atoms with van der Waals surface area (Å²) in [5, 5.41) is 17.7. The quantitative estimate of drug-likeness (QED) is 0.336. The molecule has 3 aromatic rings. The molecular formula is C24H21Cl3FN3O4. The van der Waals surface area contributed by atoms with Crippen molar-refractivity contribution in [1.82, 2.24) is 15.6 Å². The molecule has 6 rings (SSSR count). The van der Waals surface area contributed by atoms with Gasteiger partial charge in [0.1, 0.15) is 11.6 Å². The summed E-state index contributed by atoms with van der Waals surface area (Å²) in [4.78, 5) is 16.6. The minimum atomic E-state index is -1.10. The van der Waals surface area contributed by atoms with Gasteiger partial charge in [-0.2, -0.15) is 0 Å². The maximum absolute atomic E-state index is 13.7. The number of carbonyl (C=O) groups is 1. The van der Waals surface area contributed by atoms with Crippen LogP contribution in [0.15, 0.2) is 47.0 Å². The lowest BCUT2D eigenvalue weighted by Crippen LogP contribution is -2.64. The summed E-state index contributed by atoms with van der Waals surface area (Å²) in [5.74, 6) is 0.0366. The lowest BCUT2D eigenvalue weighted by molar-refractivity contribution is -0.126. The van der Waals surface area contributed by atoms with Crippen LogP contribution in [0.5, 0.6) is 5.75 Å². The smallest absolute Gasteiger partial charge is 0.258 e. The fourth-order valence-corrected chi connectivity index (χ4v) is 5.39. The molecule has 1 aromatic heterocycles. The van der Waals surface area contributed by atoms with Crippen LogP contribution in [0.2, 0.25) is 15.1 Å². The topological polar surface area (TPSA) is 96.6 Å². The van der Waals surface area contributed by atoms with Gasteiger partial charge in [0.05, 0.1) is 21.3 Å². The largest absolute Gasteiger partial charge is 0.484 e. The van der Waals surface area contributed by atoms with E-state index in [9.17, 15) is 14.3 Å². The van der Waals surface area contributed by atoms with Gasteiger partial charge < -0.3 is 19.6 Å². The van der Waals surface area contributed by atoms with E-state index in [1.165, 1.54) is 18.3 Å². The zero-order chi connectivity index (χ0) is 24.8. The number of fused-ring (bicyclic) bond motifs is 1. The summed E-state index contributed by atoms with van der Waals surface area (Å²) in [6, 6.07) is 9.04. The van der Waals surface area contributed by atoms with Gasteiger partial charge in [0.15, 0.2) is 18.6 Å². The molecule has 0 radical (unpaired) electrons. The van der Waals surface area contributed by atoms with Crippen LogP contribution in [0.25, 0.3) is 11.5 Å². The van der Waals surface area contributed by atoms with Gasteiger partial charge in [-0.1, -0.05) is 34.8 Å². The molecule has 11 heteroatoms. The molecule has 1 heterocycles. The second-order valence-electron chi connectivity index (χ2n) is 9.07. The highest BCUT2D eigenvalue weighted by Gasteiger charge is 2.61. The maximum Gasteiger partial charge on any atom is 0.258 e. The number of aliphatic hydroxyl groups is 1. The maximum atomic E-state index is 13.7. The van der Waals surface area contributed by atoms with Crippen molar-refractivity contribution < 1.29 is 23.4 Å². The monoisotopic (exact) mass is 539 g/mol. The predicted octanol–water partition coefficient (Wildman–Crippen LogP) is 5.28. The van der Waals surface area contributed by atoms with Crippen LogP contribution < -0.4 is 15.4 Å². The molecule has 2 bridgehead atoms. The van der Waals surface area contributed by atoms with Crippen LogP contribution >= 0.6 is 34.8 Å². The standard InChI is InChI=1S/C24H21Cl3FN3O4/c25-15-4-2-14(8-17(15)27)34-10-20(32)30-23-5-6-24(11-23,12-23)31-21(33)19-9-29-22(35-19)13-1-3-16(26)18(28)7-13/h1-4,7-9,21,31,33H,5-6,10-12H2,(H,30,32). The summed E-state index contributed by atoms with van der Waals surface area (Å²) in [6.07, 6.45) is 3.19. The fourth-order valence-electron chi connectivity index (χ4n) is 4.99. The number of nitrogens with zero attached hydrogens (tertiary/aromatic N) is 1. The van der Waals surface area contributed by atoms with Crippen molar-refractivity contribution in [2.45, 2.75) is 43.0 Å². The Labute approximate surface area is 215 Å². The van der Waals surface area contributed by atoms with Crippen LogP contribution in [-0.4, -0.2) is 33.7 Å². The number of amides is 1. The van der Waals surface area contributed by atoms with Gasteiger partial charge in [-0.3, -0.25) is 10.1 Å². The molecule has 184 valence electrons. The molecule has 0 saturated heterocycles. The van der Waals surface area contributed by atoms with E-state index >= 15 is 0 Å². The van der Waals surface area contributed by atoms with Gasteiger partial charge in [0, 0.05) is 22.7 Å². The lowest BCUT2D eigenvalue weighted by atomic mass is 9.71. The van der Waals surface area contributed by atoms with Gasteiger partial charge >= 0.3 is 0 Å². The number of ether oxygens (including phenoxy) is 1. The van der Waals surface area contributed by atoms with Gasteiger partial charge in [-0.25, -0.2) is 9.37 Å². The Morgan fingerprint density at radius 3 is 2.60 bits per heavy atom. The molecule has 0 spiro atoms. The zero-order valence-electron chi connectivity index (χ0n) is 18.3. The van der Waals surface area contributed by atoms with Crippen molar-refractivity contribution in [2.24, 2.45) is 0 Å². The van der Waals surface area contributed by atoms with E-state index in [4.69, 9.17) is 44.0 Å². The third-order valence-corrected chi connectivity index (χ3v) is 7.55. The zero-order valence-corrected chi connectivity index (χ0v) is 20.6. The summed E-state index contributed by atoms with van der Waals surface area (Å²) in [6.45, 7) is -0.144. The van der Waals surface area contributed by atoms with E-state index in [0.717, 1.165) is 12.8 Å². The Hall–Kier alpha value is -2.36. The third-order valence-electron chi connectivity index (χ3n) is 6.50. The molecule has 3 saturated carbocycles. The van der Waals surface area contributed by atoms with E-state index in [1.807, 2.05) is 0 Å². The summed E-state index contributed by atoms with van der Waals surface area (Å²) in [5.41, 5.74) is -0.243. The molecule has 2 aromatic carbocycles. The van der Waals surface area contributed by atoms with Gasteiger partial charge in [0.2, 0.25) is 5.89 Å². The van der Waals surface area contributed by atoms with E-state index in [2.05, 4.69) is 15.6 Å². The van der Waals surface area contributed by atoms with Crippen LogP contribution in [-0.2, 0) is 4.79 Å². The van der Waals surface area contributed by atoms with E-state index < -0.39 is 12.0 Å². The van der Waals surface area contributed by atoms with Gasteiger partial charge in [0.25, 0.3) is 5.91 Å². The molecule has 1 unspecified atom stereocenters. The molecule has 3 aliphatic rings. The Bertz CT molecular complexity index is 1280. The first-order valence-electron chi connectivity index (χ1n) is 10.9. The number of aromatic nitrogens is 1. The normalized spacial score (nSPS) is 23.6. The first kappa shape index (κ1) is 24.3. The van der Waals surface area contributed by atoms with E-state index in [0.29, 0.717) is 34.2 Å². The molecule has 35 heavy (non-hydrogen) atoms. The second kappa shape index (κ2) is 9.26. The van der Waals surface area contributed by atoms with Crippen molar-refractivity contribution in [3.63, 3.8) is 0 Å². The summed E-state index contributed by atoms with van der Waals surface area (Å²) >= 11 is 17.6. The van der Waals surface area contributed by atoms with E-state index in [-0.39, 0.29) is 40.3 Å². The second-order valence-corrected chi connectivity index (χ2v) is 10.3. The van der Waals surface area contributed by atoms with Crippen molar-refractivity contribution in [3.05, 3.63) is 69.2 Å². The Kier molecular flexibility index (Phi) is 6.44. The highest BCUT2D eigenvalue weighted by molar-refractivity contribution is 6.42. The summed E-state index contributed by atoms with van der Waals surface area (Å²) < 4.78 is 24.9. The van der Waals surface area contributed by atoms with Crippen molar-refractivity contribution >= 4 is 40.7 Å². The van der Waals surface area contributed by atoms with Crippen molar-refractivity contribution in [3.8, 4) is 17.2 Å². The van der Waals surface area contributed by atoms with Crippen LogP contribution in [0.4, 0.5) is 4.39 Å². The lowest BCUT2D eigenvalue weighted by Gasteiger charge is -2.48. The molecule has 3 N–H and O–H groups in total. The number of carbonyl (C=O) groups excluding carboxylic acids is 1. The Balaban J connectivity index is 1.14. The van der Waals surface area contributed by atoms with Crippen LogP contribution in [0.3, 0.4) is 0 Å². The van der Waals surface area contributed by atoms with Crippen molar-refractivity contribution in [1.29, 1.82) is 0 Å². The average molecular weight is 541 g/mol. The fraction of sp³-hybridized carbons (Fsp3) is 0.333. The summed E-state index contributed by atoms with van der Waals surface area (Å²) in [7, 11) is 0. The number of benzene rings is 2. The SMILES string of the molecule is O=C(COc1ccc(Cl)c(Cl)c1)NC12CCC(NC(O)c3cnc(-c4ccc(Cl)c(F)c4)o3)(C1)C2. The van der Waals surface area contributed by atoms with Crippen LogP contribution in [0, 0.1) is 5.82 Å². The minimum Gasteiger partial charge on any atom is -0.484 e. The highest BCUT2D eigenvalue weighted by Crippen LogP contribution is 2.55. The minimum absolute atomic E-state index is 0.00376. The third kappa shape index (κ3) is 4.99. The first-order chi connectivity index (χ1) is 16.7. The Morgan fingerprint density at radius 1 is 1.11 bits per heavy atom. The number of oxazole rings is 1. The van der Waals surface area contributed by atoms with Crippen molar-refractivity contribution in [2.75, 3.05) is 6.61 Å². The number of nitrogens with one attached hydrogen (secondary N) is 2. The van der Waals surface area contributed by atoms with E-state index in [1.54, 1.807) is 24.3 Å².